The van der Waals surface area contributed by atoms with Crippen LogP contribution in [-0.4, -0.2) is 34.9 Å². The smallest absolute Gasteiger partial charge is 0.238 e. The molecule has 9 heteroatoms. The molecule has 0 unspecified atom stereocenters. The highest BCUT2D eigenvalue weighted by Crippen LogP contribution is 2.57. The van der Waals surface area contributed by atoms with Crippen molar-refractivity contribution in [1.82, 2.24) is 34.9 Å². The lowest BCUT2D eigenvalue weighted by atomic mass is 9.88. The first-order chi connectivity index (χ1) is 39.7. The van der Waals surface area contributed by atoms with Crippen molar-refractivity contribution in [2.45, 2.75) is 0 Å². The van der Waals surface area contributed by atoms with Gasteiger partial charge in [-0.25, -0.2) is 24.9 Å². The highest BCUT2D eigenvalue weighted by Gasteiger charge is 2.35. The van der Waals surface area contributed by atoms with Crippen LogP contribution in [0.2, 0.25) is 0 Å². The maximum atomic E-state index is 5.65. The lowest BCUT2D eigenvalue weighted by Gasteiger charge is -2.40. The van der Waals surface area contributed by atoms with Crippen molar-refractivity contribution >= 4 is 34.4 Å². The van der Waals surface area contributed by atoms with Gasteiger partial charge in [0.2, 0.25) is 5.95 Å². The first-order valence-corrected chi connectivity index (χ1v) is 26.6. The highest BCUT2D eigenvalue weighted by molar-refractivity contribution is 6.07. The third kappa shape index (κ3) is 9.00. The molecule has 10 aromatic carbocycles. The summed E-state index contributed by atoms with van der Waals surface area (Å²) in [5, 5.41) is 0. The molecule has 0 radical (unpaired) electrons. The monoisotopic (exact) mass is 1030 g/mol. The Morgan fingerprint density at radius 2 is 0.512 bits per heavy atom. The predicted molar refractivity (Wildman–Crippen MR) is 323 cm³/mol. The molecule has 0 saturated heterocycles. The van der Waals surface area contributed by atoms with E-state index < -0.39 is 0 Å². The van der Waals surface area contributed by atoms with E-state index in [0.29, 0.717) is 29.2 Å². The summed E-state index contributed by atoms with van der Waals surface area (Å²) >= 11 is 0. The summed E-state index contributed by atoms with van der Waals surface area (Å²) in [6, 6.07) is 97.5. The van der Waals surface area contributed by atoms with E-state index in [-0.39, 0.29) is 0 Å². The number of nitrogens with zero attached hydrogens (tertiary/aromatic N) is 9. The molecule has 14 rings (SSSR count). The Morgan fingerprint density at radius 3 is 0.925 bits per heavy atom. The quantitative estimate of drug-likeness (QED) is 0.125. The summed E-state index contributed by atoms with van der Waals surface area (Å²) < 4.78 is 0. The van der Waals surface area contributed by atoms with Gasteiger partial charge in [0.15, 0.2) is 23.3 Å². The number of para-hydroxylation sites is 4. The van der Waals surface area contributed by atoms with Gasteiger partial charge in [-0.3, -0.25) is 4.90 Å². The van der Waals surface area contributed by atoms with Crippen LogP contribution in [0, 0.1) is 0 Å². The summed E-state index contributed by atoms with van der Waals surface area (Å²) in [5.41, 5.74) is 16.8. The molecule has 0 N–H and O–H groups in total. The van der Waals surface area contributed by atoms with Gasteiger partial charge in [0.1, 0.15) is 0 Å². The number of anilines is 6. The van der Waals surface area contributed by atoms with Gasteiger partial charge in [-0.2, -0.15) is 9.97 Å². The molecule has 9 nitrogen and oxygen atoms in total. The molecular weight excluding hydrogens is 979 g/mol. The van der Waals surface area contributed by atoms with Crippen molar-refractivity contribution in [3.05, 3.63) is 285 Å². The summed E-state index contributed by atoms with van der Waals surface area (Å²) in [4.78, 5) is 41.9. The Labute approximate surface area is 463 Å². The van der Waals surface area contributed by atoms with E-state index in [9.17, 15) is 0 Å². The van der Waals surface area contributed by atoms with Gasteiger partial charge >= 0.3 is 0 Å². The topological polar surface area (TPSA) is 96.7 Å². The molecule has 0 atom stereocenters. The Morgan fingerprint density at radius 1 is 0.200 bits per heavy atom. The normalized spacial score (nSPS) is 11.7. The molecule has 80 heavy (non-hydrogen) atoms. The van der Waals surface area contributed by atoms with Crippen molar-refractivity contribution in [1.29, 1.82) is 0 Å². The van der Waals surface area contributed by atoms with Gasteiger partial charge in [0, 0.05) is 50.1 Å². The fraction of sp³-hybridized carbons (Fsp3) is 0. The Hall–Kier alpha value is -11.0. The molecule has 0 fully saturated rings. The largest absolute Gasteiger partial charge is 0.306 e. The Balaban J connectivity index is 1.07. The van der Waals surface area contributed by atoms with E-state index in [1.165, 1.54) is 0 Å². The minimum absolute atomic E-state index is 0.487. The average molecular weight is 1030 g/mol. The molecule has 13 aromatic rings. The number of benzene rings is 10. The number of rotatable bonds is 11. The third-order valence-corrected chi connectivity index (χ3v) is 14.3. The van der Waals surface area contributed by atoms with E-state index in [4.69, 9.17) is 34.9 Å². The number of hydrogen-bond acceptors (Lipinski definition) is 9. The molecule has 376 valence electrons. The van der Waals surface area contributed by atoms with Crippen molar-refractivity contribution < 1.29 is 0 Å². The minimum atomic E-state index is 0.487. The zero-order chi connectivity index (χ0) is 53.2. The maximum Gasteiger partial charge on any atom is 0.238 e. The van der Waals surface area contributed by atoms with Crippen LogP contribution in [0.5, 0.6) is 0 Å². The first-order valence-electron chi connectivity index (χ1n) is 26.6. The van der Waals surface area contributed by atoms with Crippen LogP contribution in [0.15, 0.2) is 285 Å². The number of aromatic nitrogens is 7. The molecule has 0 amide bonds. The fourth-order valence-corrected chi connectivity index (χ4v) is 10.6. The van der Waals surface area contributed by atoms with E-state index in [1.807, 2.05) is 121 Å². The van der Waals surface area contributed by atoms with Crippen molar-refractivity contribution in [2.24, 2.45) is 0 Å². The first kappa shape index (κ1) is 47.4. The van der Waals surface area contributed by atoms with E-state index in [2.05, 4.69) is 174 Å². The predicted octanol–water partition coefficient (Wildman–Crippen LogP) is 17.7. The molecule has 3 aromatic heterocycles. The zero-order valence-corrected chi connectivity index (χ0v) is 43.2. The van der Waals surface area contributed by atoms with Crippen LogP contribution in [0.3, 0.4) is 0 Å². The van der Waals surface area contributed by atoms with Crippen LogP contribution < -0.4 is 9.80 Å². The summed E-state index contributed by atoms with van der Waals surface area (Å²) in [6.45, 7) is 0. The van der Waals surface area contributed by atoms with Gasteiger partial charge < -0.3 is 4.90 Å². The van der Waals surface area contributed by atoms with Crippen molar-refractivity contribution in [2.75, 3.05) is 9.80 Å². The van der Waals surface area contributed by atoms with Gasteiger partial charge in [0.25, 0.3) is 0 Å². The molecule has 1 aliphatic rings. The second-order valence-electron chi connectivity index (χ2n) is 19.3. The second kappa shape index (κ2) is 20.8. The lowest BCUT2D eigenvalue weighted by Crippen LogP contribution is -2.26. The van der Waals surface area contributed by atoms with E-state index in [0.717, 1.165) is 107 Å². The van der Waals surface area contributed by atoms with Crippen LogP contribution in [0.25, 0.3) is 102 Å². The SMILES string of the molecule is c1ccc(-c2cc(-c3ccc(N4c5ccccc5N(c5nc(-c6ccccc6)nc(-c6ccccc6)n5)c5ccccc54)c(-c4cc(-c5ccccc5)nc(-c5ccccc5)n4)c3-c3ccccc3)nc(-c3ccccc3)n2)cc1. The standard InChI is InChI=1S/C71H47N9/c1-8-26-48(27-9-1)56-46-58(74-67(72-56)51-32-14-4-15-33-51)55-44-45-64(66(65(55)50-30-12-3-13-31-50)59-47-57(49-28-10-2-11-29-49)73-68(75-59)52-34-16-5-17-35-52)79-60-40-22-24-42-62(60)80(63-43-25-23-41-61(63)79)71-77-69(53-36-18-6-19-37-53)76-70(78-71)54-38-20-7-21-39-54/h1-47H. The van der Waals surface area contributed by atoms with E-state index in [1.54, 1.807) is 0 Å². The van der Waals surface area contributed by atoms with Crippen LogP contribution in [0.1, 0.15) is 0 Å². The summed E-state index contributed by atoms with van der Waals surface area (Å²) in [5.74, 6) is 2.84. The molecule has 1 aliphatic heterocycles. The van der Waals surface area contributed by atoms with Gasteiger partial charge in [-0.05, 0) is 48.0 Å². The molecule has 0 aliphatic carbocycles. The van der Waals surface area contributed by atoms with Crippen LogP contribution >= 0.6 is 0 Å². The molecule has 0 spiro atoms. The molecule has 0 saturated carbocycles. The average Bonchev–Trinajstić information content (AvgIpc) is 3.66. The maximum absolute atomic E-state index is 5.65. The van der Waals surface area contributed by atoms with Gasteiger partial charge in [-0.15, -0.1) is 0 Å². The number of hydrogen-bond donors (Lipinski definition) is 0. The van der Waals surface area contributed by atoms with Crippen LogP contribution in [-0.2, 0) is 0 Å². The van der Waals surface area contributed by atoms with E-state index >= 15 is 0 Å². The fourth-order valence-electron chi connectivity index (χ4n) is 10.6. The Kier molecular flexibility index (Phi) is 12.3. The number of fused-ring (bicyclic) bond motifs is 2. The van der Waals surface area contributed by atoms with Crippen molar-refractivity contribution in [3.8, 4) is 102 Å². The van der Waals surface area contributed by atoms with Gasteiger partial charge in [0.05, 0.1) is 51.2 Å². The van der Waals surface area contributed by atoms with Gasteiger partial charge in [-0.1, -0.05) is 243 Å². The summed E-state index contributed by atoms with van der Waals surface area (Å²) in [7, 11) is 0. The molecule has 4 heterocycles. The second-order valence-corrected chi connectivity index (χ2v) is 19.3. The Bertz CT molecular complexity index is 4120. The summed E-state index contributed by atoms with van der Waals surface area (Å²) in [6.07, 6.45) is 0. The third-order valence-electron chi connectivity index (χ3n) is 14.3. The molecule has 0 bridgehead atoms. The van der Waals surface area contributed by atoms with Crippen LogP contribution in [0.4, 0.5) is 34.4 Å². The van der Waals surface area contributed by atoms with Crippen molar-refractivity contribution in [3.63, 3.8) is 0 Å². The highest BCUT2D eigenvalue weighted by atomic mass is 15.3. The lowest BCUT2D eigenvalue weighted by molar-refractivity contribution is 1.01. The minimum Gasteiger partial charge on any atom is -0.306 e. The zero-order valence-electron chi connectivity index (χ0n) is 43.2. The molecular formula is C71H47N9.